The summed E-state index contributed by atoms with van der Waals surface area (Å²) in [4.78, 5) is 6.55. The third-order valence-electron chi connectivity index (χ3n) is 3.59. The van der Waals surface area contributed by atoms with Crippen molar-refractivity contribution in [2.45, 2.75) is 13.8 Å². The Morgan fingerprint density at radius 3 is 2.81 bits per heavy atom. The summed E-state index contributed by atoms with van der Waals surface area (Å²) in [6.07, 6.45) is 5.34. The number of rotatable bonds is 7. The zero-order chi connectivity index (χ0) is 15.1. The van der Waals surface area contributed by atoms with E-state index in [2.05, 4.69) is 23.7 Å². The van der Waals surface area contributed by atoms with Crippen LogP contribution in [0.5, 0.6) is 0 Å². The largest absolute Gasteiger partial charge is 0.629 e. The fourth-order valence-corrected chi connectivity index (χ4v) is 2.26. The van der Waals surface area contributed by atoms with E-state index in [1.54, 1.807) is 12.3 Å². The summed E-state index contributed by atoms with van der Waals surface area (Å²) in [5, 5.41) is 12.1. The molecular weight excluding hydrogens is 266 g/mol. The van der Waals surface area contributed by atoms with Crippen LogP contribution in [-0.2, 0) is 4.74 Å². The number of hydroxylamine groups is 2. The molecule has 1 aromatic heterocycles. The Kier molecular flexibility index (Phi) is 5.92. The van der Waals surface area contributed by atoms with Gasteiger partial charge in [0.25, 0.3) is 0 Å². The highest BCUT2D eigenvalue weighted by Gasteiger charge is 2.16. The summed E-state index contributed by atoms with van der Waals surface area (Å²) in [6.45, 7) is 8.23. The smallest absolute Gasteiger partial charge is 0.161 e. The molecule has 2 heterocycles. The third-order valence-corrected chi connectivity index (χ3v) is 3.59. The predicted molar refractivity (Wildman–Crippen MR) is 83.2 cm³/mol. The highest BCUT2D eigenvalue weighted by Crippen LogP contribution is 2.12. The number of hydrogen-bond donors (Lipinski definition) is 1. The quantitative estimate of drug-likeness (QED) is 0.763. The van der Waals surface area contributed by atoms with Gasteiger partial charge < -0.3 is 19.9 Å². The van der Waals surface area contributed by atoms with Crippen molar-refractivity contribution in [1.82, 2.24) is 9.88 Å². The van der Waals surface area contributed by atoms with Crippen LogP contribution < -0.4 is 5.06 Å². The standard InChI is InChI=1S/C16H23N3O2/c1-3-18(4-2)11-12-21-14-8-10-19(20)16(13-14)15-7-5-6-9-17-15/h5-9,13,19H,3-4,10-12H2,1-2H3. The first-order valence-corrected chi connectivity index (χ1v) is 7.46. The van der Waals surface area contributed by atoms with E-state index in [9.17, 15) is 5.21 Å². The van der Waals surface area contributed by atoms with Crippen molar-refractivity contribution in [3.63, 3.8) is 0 Å². The van der Waals surface area contributed by atoms with Crippen molar-refractivity contribution < 1.29 is 9.80 Å². The molecule has 0 saturated carbocycles. The monoisotopic (exact) mass is 289 g/mol. The highest BCUT2D eigenvalue weighted by molar-refractivity contribution is 5.58. The van der Waals surface area contributed by atoms with Gasteiger partial charge in [-0.1, -0.05) is 19.9 Å². The minimum Gasteiger partial charge on any atom is -0.629 e. The number of hydrogen-bond acceptors (Lipinski definition) is 4. The van der Waals surface area contributed by atoms with Gasteiger partial charge in [0.1, 0.15) is 24.6 Å². The lowest BCUT2D eigenvalue weighted by Gasteiger charge is -2.26. The van der Waals surface area contributed by atoms with Gasteiger partial charge in [-0.3, -0.25) is 4.98 Å². The second-order valence-corrected chi connectivity index (χ2v) is 4.88. The van der Waals surface area contributed by atoms with Crippen molar-refractivity contribution in [2.24, 2.45) is 0 Å². The van der Waals surface area contributed by atoms with E-state index >= 15 is 0 Å². The van der Waals surface area contributed by atoms with Crippen molar-refractivity contribution in [1.29, 1.82) is 0 Å². The number of nitrogens with one attached hydrogen (secondary N) is 1. The molecule has 1 aliphatic heterocycles. The minimum absolute atomic E-state index is 0.0878. The summed E-state index contributed by atoms with van der Waals surface area (Å²) in [7, 11) is 0. The molecule has 0 aromatic carbocycles. The van der Waals surface area contributed by atoms with E-state index in [0.29, 0.717) is 24.5 Å². The van der Waals surface area contributed by atoms with Gasteiger partial charge in [-0.15, -0.1) is 0 Å². The molecule has 21 heavy (non-hydrogen) atoms. The maximum absolute atomic E-state index is 12.0. The van der Waals surface area contributed by atoms with Crippen LogP contribution in [0.1, 0.15) is 19.5 Å². The predicted octanol–water partition coefficient (Wildman–Crippen LogP) is 1.06. The van der Waals surface area contributed by atoms with E-state index in [1.165, 1.54) is 0 Å². The lowest BCUT2D eigenvalue weighted by atomic mass is 10.2. The van der Waals surface area contributed by atoms with Crippen LogP contribution in [0.4, 0.5) is 0 Å². The Hall–Kier alpha value is -1.69. The summed E-state index contributed by atoms with van der Waals surface area (Å²) >= 11 is 0. The number of aromatic nitrogens is 1. The van der Waals surface area contributed by atoms with Gasteiger partial charge in [-0.2, -0.15) is 0 Å². The Morgan fingerprint density at radius 2 is 2.14 bits per heavy atom. The maximum Gasteiger partial charge on any atom is 0.161 e. The molecule has 0 bridgehead atoms. The molecule has 2 rings (SSSR count). The molecule has 1 aromatic rings. The normalized spacial score (nSPS) is 18.4. The molecule has 1 aliphatic rings. The topological polar surface area (TPSA) is 52.9 Å². The van der Waals surface area contributed by atoms with Crippen LogP contribution in [0.2, 0.25) is 0 Å². The average molecular weight is 289 g/mol. The fraction of sp³-hybridized carbons (Fsp3) is 0.438. The molecule has 5 heteroatoms. The first-order valence-electron chi connectivity index (χ1n) is 7.46. The van der Waals surface area contributed by atoms with Crippen molar-refractivity contribution >= 4 is 5.70 Å². The number of allylic oxidation sites excluding steroid dienone is 1. The number of quaternary nitrogens is 1. The molecule has 1 atom stereocenters. The average Bonchev–Trinajstić information content (AvgIpc) is 2.54. The Balaban J connectivity index is 1.97. The van der Waals surface area contributed by atoms with Crippen molar-refractivity contribution in [2.75, 3.05) is 32.8 Å². The summed E-state index contributed by atoms with van der Waals surface area (Å²) in [6, 6.07) is 5.58. The molecule has 0 aliphatic carbocycles. The van der Waals surface area contributed by atoms with Gasteiger partial charge in [0.05, 0.1) is 0 Å². The van der Waals surface area contributed by atoms with Gasteiger partial charge in [-0.25, -0.2) is 0 Å². The molecule has 0 fully saturated rings. The fourth-order valence-electron chi connectivity index (χ4n) is 2.26. The number of pyridine rings is 1. The number of likely N-dealkylation sites (N-methyl/N-ethyl adjacent to an activating group) is 1. The second kappa shape index (κ2) is 7.93. The van der Waals surface area contributed by atoms with E-state index < -0.39 is 0 Å². The SMILES string of the molecule is CCN(CC)CCOC1=CC[NH+]([O-])C(c2ccccn2)=C1. The zero-order valence-electron chi connectivity index (χ0n) is 12.7. The molecule has 0 spiro atoms. The third kappa shape index (κ3) is 4.39. The van der Waals surface area contributed by atoms with E-state index in [0.717, 1.165) is 25.4 Å². The first-order chi connectivity index (χ1) is 10.2. The first kappa shape index (κ1) is 15.7. The van der Waals surface area contributed by atoms with E-state index in [4.69, 9.17) is 4.74 Å². The molecule has 0 radical (unpaired) electrons. The molecule has 1 N–H and O–H groups in total. The Labute approximate surface area is 126 Å². The van der Waals surface area contributed by atoms with E-state index in [-0.39, 0.29) is 5.06 Å². The lowest BCUT2D eigenvalue weighted by molar-refractivity contribution is -0.762. The number of nitrogens with zero attached hydrogens (tertiary/aromatic N) is 2. The molecular formula is C16H23N3O2. The molecule has 1 unspecified atom stereocenters. The van der Waals surface area contributed by atoms with Crippen LogP contribution in [0, 0.1) is 5.21 Å². The molecule has 114 valence electrons. The minimum atomic E-state index is 0.0878. The lowest BCUT2D eigenvalue weighted by Crippen LogP contribution is -3.04. The Morgan fingerprint density at radius 1 is 1.33 bits per heavy atom. The number of ether oxygens (including phenoxy) is 1. The van der Waals surface area contributed by atoms with Crippen LogP contribution >= 0.6 is 0 Å². The molecule has 0 saturated heterocycles. The molecule has 0 amide bonds. The van der Waals surface area contributed by atoms with Gasteiger partial charge >= 0.3 is 0 Å². The van der Waals surface area contributed by atoms with E-state index in [1.807, 2.05) is 24.3 Å². The van der Waals surface area contributed by atoms with Crippen LogP contribution in [0.25, 0.3) is 5.70 Å². The van der Waals surface area contributed by atoms with Gasteiger partial charge in [-0.05, 0) is 25.2 Å². The summed E-state index contributed by atoms with van der Waals surface area (Å²) < 4.78 is 5.78. The van der Waals surface area contributed by atoms with Gasteiger partial charge in [0, 0.05) is 24.9 Å². The van der Waals surface area contributed by atoms with Gasteiger partial charge in [0.15, 0.2) is 5.70 Å². The summed E-state index contributed by atoms with van der Waals surface area (Å²) in [5.41, 5.74) is 1.34. The second-order valence-electron chi connectivity index (χ2n) is 4.88. The van der Waals surface area contributed by atoms with Crippen molar-refractivity contribution in [3.05, 3.63) is 53.2 Å². The maximum atomic E-state index is 12.0. The molecule has 5 nitrogen and oxygen atoms in total. The van der Waals surface area contributed by atoms with Crippen LogP contribution in [0.15, 0.2) is 42.3 Å². The highest BCUT2D eigenvalue weighted by atomic mass is 16.5. The van der Waals surface area contributed by atoms with Gasteiger partial charge in [0.2, 0.25) is 0 Å². The summed E-state index contributed by atoms with van der Waals surface area (Å²) in [5.74, 6) is 0.766. The zero-order valence-corrected chi connectivity index (χ0v) is 12.7. The van der Waals surface area contributed by atoms with Crippen LogP contribution in [-0.4, -0.2) is 42.7 Å². The van der Waals surface area contributed by atoms with Crippen molar-refractivity contribution in [3.8, 4) is 0 Å². The van der Waals surface area contributed by atoms with Crippen LogP contribution in [0.3, 0.4) is 0 Å². The Bertz CT molecular complexity index is 496.